The molecule has 0 aliphatic heterocycles. The van der Waals surface area contributed by atoms with Crippen molar-refractivity contribution in [3.63, 3.8) is 0 Å². The third-order valence-electron chi connectivity index (χ3n) is 4.29. The van der Waals surface area contributed by atoms with Crippen LogP contribution >= 0.6 is 11.8 Å². The number of nitrogens with zero attached hydrogens (tertiary/aromatic N) is 1. The van der Waals surface area contributed by atoms with Crippen LogP contribution in [0.3, 0.4) is 0 Å². The molecule has 1 aromatic rings. The van der Waals surface area contributed by atoms with E-state index in [-0.39, 0.29) is 12.8 Å². The van der Waals surface area contributed by atoms with Crippen molar-refractivity contribution in [2.24, 2.45) is 11.5 Å². The zero-order valence-electron chi connectivity index (χ0n) is 17.8. The maximum absolute atomic E-state index is 12.8. The molecule has 0 spiro atoms. The highest BCUT2D eigenvalue weighted by atomic mass is 32.2. The first-order chi connectivity index (χ1) is 15.0. The fourth-order valence-corrected chi connectivity index (χ4v) is 3.05. The van der Waals surface area contributed by atoms with Crippen molar-refractivity contribution in [2.75, 3.05) is 12.0 Å². The molecule has 1 heterocycles. The molecule has 0 saturated heterocycles. The molecule has 14 heteroatoms. The van der Waals surface area contributed by atoms with Gasteiger partial charge in [0.15, 0.2) is 0 Å². The van der Waals surface area contributed by atoms with Gasteiger partial charge in [0.25, 0.3) is 0 Å². The van der Waals surface area contributed by atoms with Crippen LogP contribution in [0.25, 0.3) is 0 Å². The molecule has 4 amide bonds. The standard InChI is InChI=1S/C18H29N7O6S/c1-9(19)15(27)24-12(6-14(20)26)17(29)23-11(3-4-32-2)16(28)25-13(18(30)31)5-10-7-21-8-22-10/h7-9,11-13H,3-6,19H2,1-2H3,(H2,20,26)(H,21,22)(H,23,29)(H,24,27)(H,25,28)(H,30,31). The van der Waals surface area contributed by atoms with Crippen molar-refractivity contribution >= 4 is 41.4 Å². The molecule has 0 bridgehead atoms. The lowest BCUT2D eigenvalue weighted by Crippen LogP contribution is -2.57. The van der Waals surface area contributed by atoms with E-state index in [4.69, 9.17) is 11.5 Å². The van der Waals surface area contributed by atoms with Crippen LogP contribution in [-0.4, -0.2) is 80.8 Å². The third kappa shape index (κ3) is 9.34. The summed E-state index contributed by atoms with van der Waals surface area (Å²) in [5.41, 5.74) is 11.1. The lowest BCUT2D eigenvalue weighted by molar-refractivity contribution is -0.142. The van der Waals surface area contributed by atoms with Crippen LogP contribution in [0, 0.1) is 0 Å². The number of carboxylic acid groups (broad SMARTS) is 1. The van der Waals surface area contributed by atoms with Gasteiger partial charge in [-0.15, -0.1) is 0 Å². The van der Waals surface area contributed by atoms with Gasteiger partial charge >= 0.3 is 5.97 Å². The zero-order chi connectivity index (χ0) is 24.3. The number of thioether (sulfide) groups is 1. The predicted octanol–water partition coefficient (Wildman–Crippen LogP) is -2.53. The van der Waals surface area contributed by atoms with E-state index in [2.05, 4.69) is 25.9 Å². The Kier molecular flexibility index (Phi) is 11.2. The first-order valence-corrected chi connectivity index (χ1v) is 11.1. The summed E-state index contributed by atoms with van der Waals surface area (Å²) in [7, 11) is 0. The van der Waals surface area contributed by atoms with E-state index in [1.165, 1.54) is 31.2 Å². The number of carbonyl (C=O) groups excluding carboxylic acids is 4. The van der Waals surface area contributed by atoms with Crippen LogP contribution in [0.4, 0.5) is 0 Å². The van der Waals surface area contributed by atoms with Gasteiger partial charge in [-0.25, -0.2) is 9.78 Å². The van der Waals surface area contributed by atoms with Crippen LogP contribution in [0.2, 0.25) is 0 Å². The molecular formula is C18H29N7O6S. The summed E-state index contributed by atoms with van der Waals surface area (Å²) in [4.78, 5) is 66.8. The Morgan fingerprint density at radius 2 is 1.69 bits per heavy atom. The number of aliphatic carboxylic acids is 1. The maximum Gasteiger partial charge on any atom is 0.326 e. The average Bonchev–Trinajstić information content (AvgIpc) is 3.22. The Labute approximate surface area is 188 Å². The minimum Gasteiger partial charge on any atom is -0.480 e. The normalized spacial score (nSPS) is 14.5. The summed E-state index contributed by atoms with van der Waals surface area (Å²) in [5, 5.41) is 16.6. The molecule has 0 aliphatic carbocycles. The molecular weight excluding hydrogens is 442 g/mol. The van der Waals surface area contributed by atoms with Gasteiger partial charge in [0.2, 0.25) is 23.6 Å². The maximum atomic E-state index is 12.8. The molecule has 4 atom stereocenters. The quantitative estimate of drug-likeness (QED) is 0.152. The second-order valence-corrected chi connectivity index (χ2v) is 8.03. The van der Waals surface area contributed by atoms with E-state index in [0.717, 1.165) is 0 Å². The number of hydrogen-bond donors (Lipinski definition) is 7. The van der Waals surface area contributed by atoms with E-state index >= 15 is 0 Å². The van der Waals surface area contributed by atoms with Crippen molar-refractivity contribution in [3.8, 4) is 0 Å². The smallest absolute Gasteiger partial charge is 0.326 e. The van der Waals surface area contributed by atoms with Gasteiger partial charge < -0.3 is 37.5 Å². The van der Waals surface area contributed by atoms with E-state index < -0.39 is 60.2 Å². The molecule has 0 saturated carbocycles. The van der Waals surface area contributed by atoms with E-state index in [1.54, 1.807) is 6.26 Å². The molecule has 13 nitrogen and oxygen atoms in total. The minimum absolute atomic E-state index is 0.0426. The molecule has 0 radical (unpaired) electrons. The van der Waals surface area contributed by atoms with Crippen molar-refractivity contribution in [3.05, 3.63) is 18.2 Å². The van der Waals surface area contributed by atoms with Crippen LogP contribution in [0.5, 0.6) is 0 Å². The number of amides is 4. The van der Waals surface area contributed by atoms with Gasteiger partial charge in [-0.3, -0.25) is 19.2 Å². The highest BCUT2D eigenvalue weighted by Crippen LogP contribution is 2.05. The summed E-state index contributed by atoms with van der Waals surface area (Å²) in [6, 6.07) is -4.65. The fraction of sp³-hybridized carbons (Fsp3) is 0.556. The summed E-state index contributed by atoms with van der Waals surface area (Å²) in [5.74, 6) is -3.86. The molecule has 9 N–H and O–H groups in total. The number of aromatic amines is 1. The van der Waals surface area contributed by atoms with Gasteiger partial charge in [-0.2, -0.15) is 11.8 Å². The Morgan fingerprint density at radius 1 is 1.09 bits per heavy atom. The van der Waals surface area contributed by atoms with E-state index in [1.807, 2.05) is 0 Å². The third-order valence-corrected chi connectivity index (χ3v) is 4.93. The van der Waals surface area contributed by atoms with Gasteiger partial charge in [0.1, 0.15) is 18.1 Å². The summed E-state index contributed by atoms with van der Waals surface area (Å²) in [6.45, 7) is 1.40. The Bertz CT molecular complexity index is 802. The summed E-state index contributed by atoms with van der Waals surface area (Å²) in [6.07, 6.45) is 4.25. The SMILES string of the molecule is CSCCC(NC(=O)C(CC(N)=O)NC(=O)C(C)N)C(=O)NC(Cc1cnc[nH]1)C(=O)O. The predicted molar refractivity (Wildman–Crippen MR) is 116 cm³/mol. The lowest BCUT2D eigenvalue weighted by atomic mass is 10.1. The number of H-pyrrole nitrogens is 1. The monoisotopic (exact) mass is 471 g/mol. The van der Waals surface area contributed by atoms with Gasteiger partial charge in [-0.05, 0) is 25.4 Å². The van der Waals surface area contributed by atoms with Crippen LogP contribution in [0.1, 0.15) is 25.5 Å². The number of carboxylic acids is 1. The van der Waals surface area contributed by atoms with Crippen molar-refractivity contribution in [1.29, 1.82) is 0 Å². The number of aromatic nitrogens is 2. The molecule has 32 heavy (non-hydrogen) atoms. The Morgan fingerprint density at radius 3 is 2.19 bits per heavy atom. The summed E-state index contributed by atoms with van der Waals surface area (Å²) >= 11 is 1.42. The van der Waals surface area contributed by atoms with Crippen molar-refractivity contribution < 1.29 is 29.1 Å². The fourth-order valence-electron chi connectivity index (χ4n) is 2.58. The van der Waals surface area contributed by atoms with Crippen LogP contribution < -0.4 is 27.4 Å². The van der Waals surface area contributed by atoms with E-state index in [9.17, 15) is 29.1 Å². The van der Waals surface area contributed by atoms with Gasteiger partial charge in [0.05, 0.1) is 18.8 Å². The topological polar surface area (TPSA) is 222 Å². The number of imidazole rings is 1. The number of nitrogens with two attached hydrogens (primary N) is 2. The average molecular weight is 472 g/mol. The number of rotatable bonds is 14. The highest BCUT2D eigenvalue weighted by molar-refractivity contribution is 7.98. The van der Waals surface area contributed by atoms with E-state index in [0.29, 0.717) is 11.4 Å². The second-order valence-electron chi connectivity index (χ2n) is 7.04. The molecule has 4 unspecified atom stereocenters. The summed E-state index contributed by atoms with van der Waals surface area (Å²) < 4.78 is 0. The van der Waals surface area contributed by atoms with Crippen LogP contribution in [-0.2, 0) is 30.4 Å². The molecule has 0 aromatic carbocycles. The van der Waals surface area contributed by atoms with Crippen molar-refractivity contribution in [2.45, 2.75) is 50.4 Å². The number of nitrogens with one attached hydrogen (secondary N) is 4. The molecule has 0 aliphatic rings. The van der Waals surface area contributed by atoms with Crippen molar-refractivity contribution in [1.82, 2.24) is 25.9 Å². The molecule has 178 valence electrons. The number of carbonyl (C=O) groups is 5. The first kappa shape index (κ1) is 26.9. The molecule has 0 fully saturated rings. The van der Waals surface area contributed by atoms with Crippen LogP contribution in [0.15, 0.2) is 12.5 Å². The zero-order valence-corrected chi connectivity index (χ0v) is 18.6. The lowest BCUT2D eigenvalue weighted by Gasteiger charge is -2.24. The highest BCUT2D eigenvalue weighted by Gasteiger charge is 2.30. The number of hydrogen-bond acceptors (Lipinski definition) is 8. The molecule has 1 aromatic heterocycles. The minimum atomic E-state index is -1.34. The first-order valence-electron chi connectivity index (χ1n) is 9.69. The largest absolute Gasteiger partial charge is 0.480 e. The molecule has 1 rings (SSSR count). The Hall–Kier alpha value is -3.13. The van der Waals surface area contributed by atoms with Gasteiger partial charge in [-0.1, -0.05) is 0 Å². The Balaban J connectivity index is 2.94. The van der Waals surface area contributed by atoms with Gasteiger partial charge in [0, 0.05) is 18.3 Å². The second kappa shape index (κ2) is 13.3. The number of primary amides is 1.